The van der Waals surface area contributed by atoms with Crippen LogP contribution in [-0.2, 0) is 0 Å². The number of nitrogens with zero attached hydrogens (tertiary/aromatic N) is 4. The molecule has 4 N–H and O–H groups in total. The van der Waals surface area contributed by atoms with Crippen LogP contribution in [0.1, 0.15) is 34.1 Å². The molecule has 0 aliphatic carbocycles. The van der Waals surface area contributed by atoms with Crippen molar-refractivity contribution in [1.29, 1.82) is 0 Å². The highest BCUT2D eigenvalue weighted by Gasteiger charge is 2.46. The lowest BCUT2D eigenvalue weighted by molar-refractivity contribution is 0.0655. The van der Waals surface area contributed by atoms with Gasteiger partial charge in [-0.25, -0.2) is 9.37 Å². The van der Waals surface area contributed by atoms with Gasteiger partial charge in [0.2, 0.25) is 0 Å². The number of hydrogen-bond donors (Lipinski definition) is 4. The molecule has 0 amide bonds. The van der Waals surface area contributed by atoms with E-state index in [2.05, 4.69) is 49.9 Å². The van der Waals surface area contributed by atoms with E-state index in [9.17, 15) is 9.50 Å². The quantitative estimate of drug-likeness (QED) is 0.521. The molecule has 0 bridgehead atoms. The molecule has 4 heterocycles. The van der Waals surface area contributed by atoms with Crippen molar-refractivity contribution in [2.45, 2.75) is 57.4 Å². The van der Waals surface area contributed by atoms with E-state index in [0.717, 1.165) is 11.1 Å². The molecule has 0 spiro atoms. The summed E-state index contributed by atoms with van der Waals surface area (Å²) in [4.78, 5) is 4.32. The van der Waals surface area contributed by atoms with Gasteiger partial charge < -0.3 is 15.7 Å². The molecule has 2 atom stereocenters. The highest BCUT2D eigenvalue weighted by molar-refractivity contribution is 5.69. The number of alkyl halides is 1. The van der Waals surface area contributed by atoms with Gasteiger partial charge in [0.1, 0.15) is 29.1 Å². The van der Waals surface area contributed by atoms with Crippen LogP contribution in [0.5, 0.6) is 5.75 Å². The number of nitrogens with one attached hydrogen (secondary N) is 3. The first-order valence-corrected chi connectivity index (χ1v) is 9.87. The van der Waals surface area contributed by atoms with E-state index in [1.54, 1.807) is 36.8 Å². The maximum Gasteiger partial charge on any atom is 0.149 e. The van der Waals surface area contributed by atoms with Crippen molar-refractivity contribution in [3.63, 3.8) is 0 Å². The molecule has 158 valence electrons. The lowest BCUT2D eigenvalue weighted by Crippen LogP contribution is -2.67. The van der Waals surface area contributed by atoms with Crippen molar-refractivity contribution in [1.82, 2.24) is 30.7 Å². The molecule has 30 heavy (non-hydrogen) atoms. The number of H-pyrrole nitrogens is 1. The second kappa shape index (κ2) is 7.32. The fraction of sp³-hybridized carbons (Fsp3) is 0.429. The normalized spacial score (nSPS) is 22.6. The number of pyridine rings is 1. The third-order valence-electron chi connectivity index (χ3n) is 5.37. The van der Waals surface area contributed by atoms with Crippen LogP contribution >= 0.6 is 0 Å². The second-order valence-corrected chi connectivity index (χ2v) is 8.97. The van der Waals surface area contributed by atoms with Gasteiger partial charge in [0.15, 0.2) is 0 Å². The third-order valence-corrected chi connectivity index (χ3v) is 5.37. The highest BCUT2D eigenvalue weighted by Crippen LogP contribution is 2.33. The van der Waals surface area contributed by atoms with Crippen molar-refractivity contribution in [2.24, 2.45) is 0 Å². The monoisotopic (exact) mass is 411 g/mol. The van der Waals surface area contributed by atoms with E-state index in [1.165, 1.54) is 0 Å². The van der Waals surface area contributed by atoms with E-state index in [1.807, 2.05) is 13.8 Å². The predicted molar refractivity (Wildman–Crippen MR) is 113 cm³/mol. The standard InChI is InChI=1S/C21H26FN7O/c1-20(2)8-15(19(22)21(3,4)29-20)26-17-6-5-14(27-28-17)18-16(30)7-12(9-23-18)13-10-24-25-11-13/h5-7,9-11,15,19,29-30H,8H2,1-4H3,(H,24,25)(H,26,28)/t15-,19-/m0/s1. The Balaban J connectivity index is 1.52. The van der Waals surface area contributed by atoms with E-state index < -0.39 is 17.8 Å². The molecule has 0 unspecified atom stereocenters. The van der Waals surface area contributed by atoms with Gasteiger partial charge in [-0.1, -0.05) is 0 Å². The summed E-state index contributed by atoms with van der Waals surface area (Å²) in [6, 6.07) is 4.65. The topological polar surface area (TPSA) is 112 Å². The van der Waals surface area contributed by atoms with Crippen LogP contribution in [0.15, 0.2) is 36.8 Å². The van der Waals surface area contributed by atoms with Crippen LogP contribution in [0.3, 0.4) is 0 Å². The molecule has 0 aromatic carbocycles. The lowest BCUT2D eigenvalue weighted by Gasteiger charge is -2.48. The number of rotatable bonds is 4. The number of piperidine rings is 1. The van der Waals surface area contributed by atoms with Gasteiger partial charge >= 0.3 is 0 Å². The summed E-state index contributed by atoms with van der Waals surface area (Å²) in [5, 5.41) is 31.9. The average Bonchev–Trinajstić information content (AvgIpc) is 3.20. The van der Waals surface area contributed by atoms with E-state index in [4.69, 9.17) is 0 Å². The first-order chi connectivity index (χ1) is 14.1. The van der Waals surface area contributed by atoms with Crippen LogP contribution in [0.25, 0.3) is 22.5 Å². The summed E-state index contributed by atoms with van der Waals surface area (Å²) in [6.07, 6.45) is 4.53. The molecule has 0 radical (unpaired) electrons. The zero-order valence-electron chi connectivity index (χ0n) is 17.4. The van der Waals surface area contributed by atoms with E-state index in [0.29, 0.717) is 23.6 Å². The Bertz CT molecular complexity index is 1020. The Morgan fingerprint density at radius 2 is 1.93 bits per heavy atom. The van der Waals surface area contributed by atoms with Crippen LogP contribution in [0, 0.1) is 0 Å². The van der Waals surface area contributed by atoms with Crippen molar-refractivity contribution >= 4 is 5.82 Å². The Morgan fingerprint density at radius 3 is 2.57 bits per heavy atom. The van der Waals surface area contributed by atoms with Crippen molar-refractivity contribution in [2.75, 3.05) is 5.32 Å². The summed E-state index contributed by atoms with van der Waals surface area (Å²) >= 11 is 0. The second-order valence-electron chi connectivity index (χ2n) is 8.97. The SMILES string of the molecule is CC1(C)C[C@H](Nc2ccc(-c3ncc(-c4cn[nH]c4)cc3O)nn2)[C@H](F)C(C)(C)N1. The van der Waals surface area contributed by atoms with Crippen LogP contribution in [-0.4, -0.2) is 53.8 Å². The molecule has 1 fully saturated rings. The molecule has 3 aromatic rings. The molecule has 8 nitrogen and oxygen atoms in total. The van der Waals surface area contributed by atoms with E-state index in [-0.39, 0.29) is 11.3 Å². The largest absolute Gasteiger partial charge is 0.506 e. The molecular formula is C21H26FN7O. The number of aromatic hydroxyl groups is 1. The van der Waals surface area contributed by atoms with E-state index >= 15 is 0 Å². The van der Waals surface area contributed by atoms with Gasteiger partial charge in [0, 0.05) is 34.6 Å². The van der Waals surface area contributed by atoms with Crippen molar-refractivity contribution in [3.8, 4) is 28.3 Å². The van der Waals surface area contributed by atoms with Gasteiger partial charge in [-0.3, -0.25) is 5.10 Å². The third kappa shape index (κ3) is 3.97. The van der Waals surface area contributed by atoms with Gasteiger partial charge in [-0.05, 0) is 52.3 Å². The smallest absolute Gasteiger partial charge is 0.149 e. The number of aromatic amines is 1. The van der Waals surface area contributed by atoms with Gasteiger partial charge in [0.25, 0.3) is 0 Å². The fourth-order valence-electron chi connectivity index (χ4n) is 4.22. The first-order valence-electron chi connectivity index (χ1n) is 9.87. The highest BCUT2D eigenvalue weighted by atomic mass is 19.1. The molecule has 3 aromatic heterocycles. The first kappa shape index (κ1) is 20.2. The summed E-state index contributed by atoms with van der Waals surface area (Å²) in [6.45, 7) is 7.85. The molecular weight excluding hydrogens is 385 g/mol. The zero-order chi connectivity index (χ0) is 21.5. The molecule has 1 aliphatic rings. The van der Waals surface area contributed by atoms with Gasteiger partial charge in [-0.2, -0.15) is 5.10 Å². The number of anilines is 1. The minimum Gasteiger partial charge on any atom is -0.506 e. The maximum absolute atomic E-state index is 15.0. The minimum absolute atomic E-state index is 0.00520. The van der Waals surface area contributed by atoms with Crippen LogP contribution in [0.4, 0.5) is 10.2 Å². The van der Waals surface area contributed by atoms with Gasteiger partial charge in [0.05, 0.1) is 12.2 Å². The van der Waals surface area contributed by atoms with Crippen molar-refractivity contribution < 1.29 is 9.50 Å². The summed E-state index contributed by atoms with van der Waals surface area (Å²) in [7, 11) is 0. The van der Waals surface area contributed by atoms with Crippen molar-refractivity contribution in [3.05, 3.63) is 36.8 Å². The number of aromatic nitrogens is 5. The Labute approximate surface area is 174 Å². The molecule has 4 rings (SSSR count). The number of hydrogen-bond acceptors (Lipinski definition) is 7. The average molecular weight is 411 g/mol. The summed E-state index contributed by atoms with van der Waals surface area (Å²) < 4.78 is 15.0. The van der Waals surface area contributed by atoms with Crippen LogP contribution < -0.4 is 10.6 Å². The van der Waals surface area contributed by atoms with Gasteiger partial charge in [-0.15, -0.1) is 10.2 Å². The zero-order valence-corrected chi connectivity index (χ0v) is 17.4. The Hall–Kier alpha value is -3.07. The molecule has 9 heteroatoms. The van der Waals surface area contributed by atoms with Crippen LogP contribution in [0.2, 0.25) is 0 Å². The predicted octanol–water partition coefficient (Wildman–Crippen LogP) is 3.30. The summed E-state index contributed by atoms with van der Waals surface area (Å²) in [5.74, 6) is 0.476. The Kier molecular flexibility index (Phi) is 4.93. The molecule has 1 saturated heterocycles. The molecule has 0 saturated carbocycles. The number of halogens is 1. The summed E-state index contributed by atoms with van der Waals surface area (Å²) in [5.41, 5.74) is 1.46. The minimum atomic E-state index is -1.09. The Morgan fingerprint density at radius 1 is 1.13 bits per heavy atom. The lowest BCUT2D eigenvalue weighted by atomic mass is 9.78. The molecule has 1 aliphatic heterocycles. The fourth-order valence-corrected chi connectivity index (χ4v) is 4.22. The maximum atomic E-state index is 15.0.